The summed E-state index contributed by atoms with van der Waals surface area (Å²) in [7, 11) is 0. The van der Waals surface area contributed by atoms with Crippen molar-refractivity contribution < 1.29 is 9.53 Å². The molecule has 1 N–H and O–H groups in total. The van der Waals surface area contributed by atoms with Crippen molar-refractivity contribution in [1.29, 1.82) is 0 Å². The molecule has 7 nitrogen and oxygen atoms in total. The van der Waals surface area contributed by atoms with Gasteiger partial charge in [0, 0.05) is 25.0 Å². The van der Waals surface area contributed by atoms with Crippen molar-refractivity contribution in [3.8, 4) is 0 Å². The van der Waals surface area contributed by atoms with Gasteiger partial charge in [0.2, 0.25) is 0 Å². The third-order valence-electron chi connectivity index (χ3n) is 5.58. The summed E-state index contributed by atoms with van der Waals surface area (Å²) >= 11 is 0. The van der Waals surface area contributed by atoms with Gasteiger partial charge in [0.05, 0.1) is 30.7 Å². The Morgan fingerprint density at radius 1 is 1.03 bits per heavy atom. The van der Waals surface area contributed by atoms with Crippen molar-refractivity contribution in [3.05, 3.63) is 76.2 Å². The fourth-order valence-electron chi connectivity index (χ4n) is 3.91. The maximum absolute atomic E-state index is 13.4. The number of benzene rings is 2. The quantitative estimate of drug-likeness (QED) is 0.664. The van der Waals surface area contributed by atoms with Gasteiger partial charge >= 0.3 is 0 Å². The van der Waals surface area contributed by atoms with Gasteiger partial charge in [-0.2, -0.15) is 5.10 Å². The highest BCUT2D eigenvalue weighted by Gasteiger charge is 2.24. The number of amides is 1. The predicted molar refractivity (Wildman–Crippen MR) is 120 cm³/mol. The van der Waals surface area contributed by atoms with E-state index in [2.05, 4.69) is 15.3 Å². The number of fused-ring (bicyclic) bond motifs is 1. The van der Waals surface area contributed by atoms with E-state index in [9.17, 15) is 9.59 Å². The lowest BCUT2D eigenvalue weighted by Gasteiger charge is -2.31. The van der Waals surface area contributed by atoms with Crippen LogP contribution in [0.1, 0.15) is 42.0 Å². The molecule has 3 aromatic rings. The first-order valence-electron chi connectivity index (χ1n) is 10.7. The van der Waals surface area contributed by atoms with Crippen molar-refractivity contribution in [3.63, 3.8) is 0 Å². The molecule has 1 unspecified atom stereocenters. The van der Waals surface area contributed by atoms with Gasteiger partial charge in [-0.05, 0) is 25.5 Å². The zero-order valence-electron chi connectivity index (χ0n) is 18.0. The minimum absolute atomic E-state index is 0.151. The molecule has 1 aliphatic heterocycles. The van der Waals surface area contributed by atoms with E-state index in [-0.39, 0.29) is 29.2 Å². The third kappa shape index (κ3) is 4.68. The molecule has 162 valence electrons. The SMILES string of the molecule is CC(C)n1nc(C(=O)NC(CN2CCOCC2)c2ccccc2)c2ccccc2c1=O. The maximum atomic E-state index is 13.4. The van der Waals surface area contributed by atoms with Gasteiger partial charge in [-0.15, -0.1) is 0 Å². The van der Waals surface area contributed by atoms with Gasteiger partial charge in [-0.25, -0.2) is 4.68 Å². The number of nitrogens with one attached hydrogen (secondary N) is 1. The van der Waals surface area contributed by atoms with Gasteiger partial charge in [0.1, 0.15) is 0 Å². The second-order valence-electron chi connectivity index (χ2n) is 8.09. The normalized spacial score (nSPS) is 15.8. The zero-order chi connectivity index (χ0) is 21.8. The molecule has 0 bridgehead atoms. The van der Waals surface area contributed by atoms with Crippen LogP contribution in [-0.2, 0) is 4.74 Å². The van der Waals surface area contributed by atoms with Crippen LogP contribution in [0.25, 0.3) is 10.8 Å². The highest BCUT2D eigenvalue weighted by Crippen LogP contribution is 2.19. The number of carbonyl (C=O) groups excluding carboxylic acids is 1. The minimum Gasteiger partial charge on any atom is -0.379 e. The van der Waals surface area contributed by atoms with Crippen molar-refractivity contribution >= 4 is 16.7 Å². The Morgan fingerprint density at radius 3 is 2.35 bits per heavy atom. The van der Waals surface area contributed by atoms with E-state index in [0.29, 0.717) is 30.5 Å². The summed E-state index contributed by atoms with van der Waals surface area (Å²) in [5.41, 5.74) is 1.12. The second-order valence-corrected chi connectivity index (χ2v) is 8.09. The molecule has 0 radical (unpaired) electrons. The van der Waals surface area contributed by atoms with Crippen molar-refractivity contribution in [1.82, 2.24) is 20.0 Å². The number of morpholine rings is 1. The zero-order valence-corrected chi connectivity index (χ0v) is 18.0. The molecule has 1 aromatic heterocycles. The Kier molecular flexibility index (Phi) is 6.44. The van der Waals surface area contributed by atoms with Crippen LogP contribution in [0, 0.1) is 0 Å². The van der Waals surface area contributed by atoms with E-state index in [1.165, 1.54) is 4.68 Å². The topological polar surface area (TPSA) is 76.5 Å². The molecule has 7 heteroatoms. The largest absolute Gasteiger partial charge is 0.379 e. The van der Waals surface area contributed by atoms with E-state index >= 15 is 0 Å². The Hall–Kier alpha value is -3.03. The summed E-state index contributed by atoms with van der Waals surface area (Å²) < 4.78 is 6.85. The number of hydrogen-bond donors (Lipinski definition) is 1. The molecule has 1 aliphatic rings. The van der Waals surface area contributed by atoms with Crippen LogP contribution >= 0.6 is 0 Å². The summed E-state index contributed by atoms with van der Waals surface area (Å²) in [6.07, 6.45) is 0. The molecule has 0 aliphatic carbocycles. The predicted octanol–water partition coefficient (Wildman–Crippen LogP) is 2.78. The van der Waals surface area contributed by atoms with Crippen LogP contribution < -0.4 is 10.9 Å². The molecule has 0 saturated carbocycles. The average molecular weight is 421 g/mol. The summed E-state index contributed by atoms with van der Waals surface area (Å²) in [5, 5.41) is 8.70. The van der Waals surface area contributed by atoms with Gasteiger partial charge < -0.3 is 10.1 Å². The molecule has 31 heavy (non-hydrogen) atoms. The number of nitrogens with zero attached hydrogens (tertiary/aromatic N) is 3. The second kappa shape index (κ2) is 9.41. The van der Waals surface area contributed by atoms with Gasteiger partial charge in [0.25, 0.3) is 11.5 Å². The standard InChI is InChI=1S/C24H28N4O3/c1-17(2)28-24(30)20-11-7-6-10-19(20)22(26-28)23(29)25-21(18-8-4-3-5-9-18)16-27-12-14-31-15-13-27/h3-11,17,21H,12-16H2,1-2H3,(H,25,29). The molecule has 4 rings (SSSR count). The van der Waals surface area contributed by atoms with E-state index in [1.54, 1.807) is 18.2 Å². The molecule has 1 amide bonds. The Bertz CT molecular complexity index is 1100. The molecular weight excluding hydrogens is 392 g/mol. The van der Waals surface area contributed by atoms with E-state index in [0.717, 1.165) is 18.7 Å². The number of hydrogen-bond acceptors (Lipinski definition) is 5. The fraction of sp³-hybridized carbons (Fsp3) is 0.375. The van der Waals surface area contributed by atoms with Gasteiger partial charge in [-0.3, -0.25) is 14.5 Å². The first kappa shape index (κ1) is 21.2. The summed E-state index contributed by atoms with van der Waals surface area (Å²) in [5.74, 6) is -0.285. The summed E-state index contributed by atoms with van der Waals surface area (Å²) in [6, 6.07) is 16.8. The lowest BCUT2D eigenvalue weighted by atomic mass is 10.0. The van der Waals surface area contributed by atoms with Crippen LogP contribution in [0.5, 0.6) is 0 Å². The summed E-state index contributed by atoms with van der Waals surface area (Å²) in [6.45, 7) is 7.51. The Labute approximate surface area is 181 Å². The first-order chi connectivity index (χ1) is 15.0. The molecule has 2 aromatic carbocycles. The number of aromatic nitrogens is 2. The van der Waals surface area contributed by atoms with Crippen molar-refractivity contribution in [2.24, 2.45) is 0 Å². The number of rotatable bonds is 6. The smallest absolute Gasteiger partial charge is 0.274 e. The summed E-state index contributed by atoms with van der Waals surface area (Å²) in [4.78, 5) is 28.5. The molecule has 0 spiro atoms. The van der Waals surface area contributed by atoms with Gasteiger partial charge in [-0.1, -0.05) is 48.5 Å². The van der Waals surface area contributed by atoms with Crippen LogP contribution in [-0.4, -0.2) is 53.4 Å². The van der Waals surface area contributed by atoms with E-state index in [4.69, 9.17) is 4.74 Å². The number of carbonyl (C=O) groups is 1. The monoisotopic (exact) mass is 420 g/mol. The third-order valence-corrected chi connectivity index (χ3v) is 5.58. The highest BCUT2D eigenvalue weighted by molar-refractivity contribution is 6.04. The lowest BCUT2D eigenvalue weighted by molar-refractivity contribution is 0.0332. The first-order valence-corrected chi connectivity index (χ1v) is 10.7. The Balaban J connectivity index is 1.69. The van der Waals surface area contributed by atoms with Crippen LogP contribution in [0.4, 0.5) is 0 Å². The maximum Gasteiger partial charge on any atom is 0.274 e. The minimum atomic E-state index is -0.285. The van der Waals surface area contributed by atoms with Crippen LogP contribution in [0.3, 0.4) is 0 Å². The number of ether oxygens (including phenoxy) is 1. The molecule has 2 heterocycles. The Morgan fingerprint density at radius 2 is 1.68 bits per heavy atom. The van der Waals surface area contributed by atoms with Crippen LogP contribution in [0.2, 0.25) is 0 Å². The molecule has 1 atom stereocenters. The van der Waals surface area contributed by atoms with Crippen LogP contribution in [0.15, 0.2) is 59.4 Å². The van der Waals surface area contributed by atoms with Gasteiger partial charge in [0.15, 0.2) is 5.69 Å². The highest BCUT2D eigenvalue weighted by atomic mass is 16.5. The molecule has 1 fully saturated rings. The molecular formula is C24H28N4O3. The van der Waals surface area contributed by atoms with E-state index in [1.807, 2.05) is 50.2 Å². The van der Waals surface area contributed by atoms with Crippen molar-refractivity contribution in [2.45, 2.75) is 25.9 Å². The lowest BCUT2D eigenvalue weighted by Crippen LogP contribution is -2.43. The molecule has 1 saturated heterocycles. The van der Waals surface area contributed by atoms with Crippen molar-refractivity contribution in [2.75, 3.05) is 32.8 Å². The average Bonchev–Trinajstić information content (AvgIpc) is 2.80. The fourth-order valence-corrected chi connectivity index (χ4v) is 3.91. The van der Waals surface area contributed by atoms with E-state index < -0.39 is 0 Å².